The number of carbonyl (C=O) groups is 2. The molecule has 0 saturated heterocycles. The number of fused-ring (bicyclic) bond motifs is 1. The number of anilines is 2. The topological polar surface area (TPSA) is 69.6 Å². The smallest absolute Gasteiger partial charge is 0.337 e. The number of rotatable bonds is 5. The quantitative estimate of drug-likeness (QED) is 0.638. The highest BCUT2D eigenvalue weighted by Gasteiger charge is 2.14. The molecule has 142 valence electrons. The third-order valence-electron chi connectivity index (χ3n) is 4.56. The zero-order chi connectivity index (χ0) is 20.3. The first-order valence-corrected chi connectivity index (χ1v) is 8.88. The maximum absolute atomic E-state index is 12.5. The largest absolute Gasteiger partial charge is 0.478 e. The average molecular weight is 374 g/mol. The van der Waals surface area contributed by atoms with Crippen molar-refractivity contribution in [3.05, 3.63) is 77.9 Å². The van der Waals surface area contributed by atoms with Gasteiger partial charge in [0.05, 0.1) is 11.3 Å². The van der Waals surface area contributed by atoms with E-state index in [1.54, 1.807) is 12.1 Å². The van der Waals surface area contributed by atoms with E-state index in [1.165, 1.54) is 12.1 Å². The van der Waals surface area contributed by atoms with E-state index in [4.69, 9.17) is 0 Å². The Kier molecular flexibility index (Phi) is 5.45. The van der Waals surface area contributed by atoms with Gasteiger partial charge in [0.2, 0.25) is 5.91 Å². The van der Waals surface area contributed by atoms with Crippen LogP contribution < -0.4 is 10.2 Å². The fraction of sp³-hybridized carbons (Fsp3) is 0.130. The maximum atomic E-state index is 12.5. The molecule has 0 bridgehead atoms. The minimum atomic E-state index is -1.09. The van der Waals surface area contributed by atoms with E-state index in [0.717, 1.165) is 27.6 Å². The van der Waals surface area contributed by atoms with Gasteiger partial charge in [0.1, 0.15) is 0 Å². The van der Waals surface area contributed by atoms with Gasteiger partial charge in [-0.2, -0.15) is 0 Å². The first kappa shape index (κ1) is 19.2. The highest BCUT2D eigenvalue weighted by atomic mass is 16.4. The average Bonchev–Trinajstić information content (AvgIpc) is 2.67. The molecule has 28 heavy (non-hydrogen) atoms. The monoisotopic (exact) mass is 374 g/mol. The molecule has 5 nitrogen and oxygen atoms in total. The van der Waals surface area contributed by atoms with Gasteiger partial charge < -0.3 is 15.3 Å². The summed E-state index contributed by atoms with van der Waals surface area (Å²) in [5.74, 6) is -1.46. The Morgan fingerprint density at radius 1 is 0.964 bits per heavy atom. The lowest BCUT2D eigenvalue weighted by Gasteiger charge is -2.15. The highest BCUT2D eigenvalue weighted by molar-refractivity contribution is 6.07. The second kappa shape index (κ2) is 7.96. The zero-order valence-corrected chi connectivity index (χ0v) is 16.1. The number of aromatic carboxylic acids is 1. The summed E-state index contributed by atoms with van der Waals surface area (Å²) in [4.78, 5) is 25.8. The Bertz CT molecular complexity index is 1080. The molecule has 0 aliphatic rings. The van der Waals surface area contributed by atoms with Crippen LogP contribution in [-0.4, -0.2) is 31.1 Å². The van der Waals surface area contributed by atoms with Gasteiger partial charge in [-0.1, -0.05) is 36.4 Å². The molecule has 3 aromatic rings. The SMILES string of the molecule is CC(=CC(=O)Nc1ccc(N(C)C)cc1C(=O)O)c1ccc2ccccc2c1. The van der Waals surface area contributed by atoms with Gasteiger partial charge in [-0.15, -0.1) is 0 Å². The van der Waals surface area contributed by atoms with Crippen LogP contribution >= 0.6 is 0 Å². The second-order valence-electron chi connectivity index (χ2n) is 6.81. The molecular weight excluding hydrogens is 352 g/mol. The number of carbonyl (C=O) groups excluding carboxylic acids is 1. The number of hydrogen-bond donors (Lipinski definition) is 2. The lowest BCUT2D eigenvalue weighted by atomic mass is 10.0. The molecule has 5 heteroatoms. The maximum Gasteiger partial charge on any atom is 0.337 e. The predicted octanol–water partition coefficient (Wildman–Crippen LogP) is 4.65. The Labute approximate surface area is 163 Å². The van der Waals surface area contributed by atoms with Crippen LogP contribution in [0.25, 0.3) is 16.3 Å². The molecule has 3 aromatic carbocycles. The third-order valence-corrected chi connectivity index (χ3v) is 4.56. The molecular formula is C23H22N2O3. The van der Waals surface area contributed by atoms with Crippen molar-refractivity contribution in [1.82, 2.24) is 0 Å². The van der Waals surface area contributed by atoms with Gasteiger partial charge in [-0.05, 0) is 53.1 Å². The van der Waals surface area contributed by atoms with Gasteiger partial charge in [0, 0.05) is 25.9 Å². The third kappa shape index (κ3) is 4.20. The number of carboxylic acid groups (broad SMARTS) is 1. The van der Waals surface area contributed by atoms with E-state index in [0.29, 0.717) is 0 Å². The van der Waals surface area contributed by atoms with E-state index in [-0.39, 0.29) is 17.2 Å². The van der Waals surface area contributed by atoms with Crippen molar-refractivity contribution >= 4 is 39.6 Å². The Balaban J connectivity index is 1.85. The van der Waals surface area contributed by atoms with Gasteiger partial charge >= 0.3 is 5.97 Å². The van der Waals surface area contributed by atoms with E-state index < -0.39 is 5.97 Å². The summed E-state index contributed by atoms with van der Waals surface area (Å²) in [6.07, 6.45) is 1.48. The highest BCUT2D eigenvalue weighted by Crippen LogP contribution is 2.24. The predicted molar refractivity (Wildman–Crippen MR) is 114 cm³/mol. The summed E-state index contributed by atoms with van der Waals surface area (Å²) in [6.45, 7) is 1.86. The van der Waals surface area contributed by atoms with Crippen LogP contribution in [-0.2, 0) is 4.79 Å². The van der Waals surface area contributed by atoms with Crippen LogP contribution in [0.4, 0.5) is 11.4 Å². The Morgan fingerprint density at radius 2 is 1.68 bits per heavy atom. The van der Waals surface area contributed by atoms with E-state index in [9.17, 15) is 14.7 Å². The van der Waals surface area contributed by atoms with Crippen molar-refractivity contribution in [1.29, 1.82) is 0 Å². The van der Waals surface area contributed by atoms with Crippen LogP contribution in [0.5, 0.6) is 0 Å². The van der Waals surface area contributed by atoms with Crippen molar-refractivity contribution in [3.8, 4) is 0 Å². The van der Waals surface area contributed by atoms with Crippen molar-refractivity contribution in [2.75, 3.05) is 24.3 Å². The molecule has 0 radical (unpaired) electrons. The van der Waals surface area contributed by atoms with Crippen LogP contribution in [0.2, 0.25) is 0 Å². The Hall–Kier alpha value is -3.60. The molecule has 1 amide bonds. The Morgan fingerprint density at radius 3 is 2.36 bits per heavy atom. The number of amides is 1. The molecule has 0 aliphatic heterocycles. The number of benzene rings is 3. The van der Waals surface area contributed by atoms with Gasteiger partial charge in [0.15, 0.2) is 0 Å². The first-order valence-electron chi connectivity index (χ1n) is 8.88. The molecule has 0 fully saturated rings. The standard InChI is InChI=1S/C23H22N2O3/c1-15(17-9-8-16-6-4-5-7-18(16)13-17)12-22(26)24-21-11-10-19(25(2)3)14-20(21)23(27)28/h4-14H,1-3H3,(H,24,26)(H,27,28). The van der Waals surface area contributed by atoms with E-state index >= 15 is 0 Å². The summed E-state index contributed by atoms with van der Waals surface area (Å²) in [5, 5.41) is 14.4. The molecule has 0 aliphatic carbocycles. The first-order chi connectivity index (χ1) is 13.3. The van der Waals surface area contributed by atoms with Crippen LogP contribution in [0, 0.1) is 0 Å². The van der Waals surface area contributed by atoms with E-state index in [1.807, 2.05) is 68.4 Å². The molecule has 0 aromatic heterocycles. The lowest BCUT2D eigenvalue weighted by molar-refractivity contribution is -0.111. The summed E-state index contributed by atoms with van der Waals surface area (Å²) >= 11 is 0. The van der Waals surface area contributed by atoms with Gasteiger partial charge in [-0.25, -0.2) is 4.79 Å². The lowest BCUT2D eigenvalue weighted by Crippen LogP contribution is -2.14. The zero-order valence-electron chi connectivity index (χ0n) is 16.1. The normalized spacial score (nSPS) is 11.3. The number of hydrogen-bond acceptors (Lipinski definition) is 3. The molecule has 0 spiro atoms. The number of allylic oxidation sites excluding steroid dienone is 1. The number of carboxylic acids is 1. The summed E-state index contributed by atoms with van der Waals surface area (Å²) in [6, 6.07) is 19.0. The van der Waals surface area contributed by atoms with Gasteiger partial charge in [-0.3, -0.25) is 4.79 Å². The summed E-state index contributed by atoms with van der Waals surface area (Å²) in [7, 11) is 3.66. The molecule has 2 N–H and O–H groups in total. The minimum absolute atomic E-state index is 0.0521. The van der Waals surface area contributed by atoms with Crippen molar-refractivity contribution in [3.63, 3.8) is 0 Å². The van der Waals surface area contributed by atoms with Crippen LogP contribution in [0.1, 0.15) is 22.8 Å². The fourth-order valence-electron chi connectivity index (χ4n) is 2.98. The molecule has 0 atom stereocenters. The summed E-state index contributed by atoms with van der Waals surface area (Å²) < 4.78 is 0. The summed E-state index contributed by atoms with van der Waals surface area (Å²) in [5.41, 5.74) is 2.81. The van der Waals surface area contributed by atoms with Crippen molar-refractivity contribution < 1.29 is 14.7 Å². The molecule has 0 unspecified atom stereocenters. The second-order valence-corrected chi connectivity index (χ2v) is 6.81. The fourth-order valence-corrected chi connectivity index (χ4v) is 2.98. The van der Waals surface area contributed by atoms with Crippen molar-refractivity contribution in [2.24, 2.45) is 0 Å². The van der Waals surface area contributed by atoms with Gasteiger partial charge in [0.25, 0.3) is 0 Å². The molecule has 3 rings (SSSR count). The number of nitrogens with one attached hydrogen (secondary N) is 1. The van der Waals surface area contributed by atoms with Crippen LogP contribution in [0.15, 0.2) is 66.7 Å². The minimum Gasteiger partial charge on any atom is -0.478 e. The van der Waals surface area contributed by atoms with Crippen molar-refractivity contribution in [2.45, 2.75) is 6.92 Å². The number of nitrogens with zero attached hydrogens (tertiary/aromatic N) is 1. The van der Waals surface area contributed by atoms with Crippen LogP contribution in [0.3, 0.4) is 0 Å². The van der Waals surface area contributed by atoms with E-state index in [2.05, 4.69) is 5.32 Å². The molecule has 0 heterocycles. The molecule has 0 saturated carbocycles.